The molecular weight excluding hydrogens is 210 g/mol. The molecule has 0 heterocycles. The number of hydrogen-bond acceptors (Lipinski definition) is 4. The van der Waals surface area contributed by atoms with Crippen LogP contribution >= 0.6 is 34.8 Å². The molecule has 0 aliphatic carbocycles. The maximum absolute atomic E-state index is 7.33. The van der Waals surface area contributed by atoms with Crippen LogP contribution in [-0.2, 0) is 0 Å². The summed E-state index contributed by atoms with van der Waals surface area (Å²) < 4.78 is -0.750. The van der Waals surface area contributed by atoms with Gasteiger partial charge in [-0.3, -0.25) is 0 Å². The molecule has 0 saturated heterocycles. The predicted octanol–water partition coefficient (Wildman–Crippen LogP) is -0.622. The van der Waals surface area contributed by atoms with E-state index in [0.717, 1.165) is 0 Å². The van der Waals surface area contributed by atoms with Gasteiger partial charge in [-0.15, -0.1) is 0 Å². The fourth-order valence-electron chi connectivity index (χ4n) is 0. The van der Waals surface area contributed by atoms with Crippen molar-refractivity contribution in [2.75, 3.05) is 0 Å². The summed E-state index contributed by atoms with van der Waals surface area (Å²) in [4.78, 5) is 29.3. The van der Waals surface area contributed by atoms with Crippen LogP contribution in [0.2, 0.25) is 0 Å². The second kappa shape index (κ2) is 5.69. The molecule has 58 valence electrons. The smallest absolute Gasteiger partial charge is 0.368 e. The van der Waals surface area contributed by atoms with Gasteiger partial charge in [0.25, 0.3) is 0 Å². The summed E-state index contributed by atoms with van der Waals surface area (Å²) in [6.07, 6.45) is 0. The Balaban J connectivity index is 0. The van der Waals surface area contributed by atoms with E-state index in [0.29, 0.717) is 0 Å². The van der Waals surface area contributed by atoms with Crippen molar-refractivity contribution in [2.24, 2.45) is 0 Å². The molecule has 0 bridgehead atoms. The van der Waals surface area contributed by atoms with Gasteiger partial charge in [-0.2, -0.15) is 0 Å². The van der Waals surface area contributed by atoms with Crippen LogP contribution in [0.25, 0.3) is 0 Å². The highest BCUT2D eigenvalue weighted by Crippen LogP contribution is 2.03. The van der Waals surface area contributed by atoms with Crippen molar-refractivity contribution < 1.29 is 19.2 Å². The molecule has 4 nitrogen and oxygen atoms in total. The first kappa shape index (κ1) is 12.6. The average Bonchev–Trinajstić information content (AvgIpc) is 1.19. The van der Waals surface area contributed by atoms with Crippen LogP contribution in [0.1, 0.15) is 0 Å². The first-order valence-corrected chi connectivity index (χ1v) is 4.65. The average molecular weight is 215 g/mol. The monoisotopic (exact) mass is 214 g/mol. The first-order chi connectivity index (χ1) is 3.73. The van der Waals surface area contributed by atoms with Crippen molar-refractivity contribution in [3.63, 3.8) is 0 Å². The van der Waals surface area contributed by atoms with Crippen molar-refractivity contribution >= 4 is 43.9 Å². The van der Waals surface area contributed by atoms with Crippen molar-refractivity contribution in [1.29, 1.82) is 0 Å². The maximum Gasteiger partial charge on any atom is 0.668 e. The number of rotatable bonds is 0. The number of hydrogen-bond donors (Lipinski definition) is 4. The Labute approximate surface area is 67.7 Å². The third-order valence-electron chi connectivity index (χ3n) is 0. The summed E-state index contributed by atoms with van der Waals surface area (Å²) >= 11 is 14.4. The molecular formula is CH5Cl3O4Si. The highest BCUT2D eigenvalue weighted by Gasteiger charge is 2.22. The van der Waals surface area contributed by atoms with Gasteiger partial charge in [-0.1, -0.05) is 34.8 Å². The van der Waals surface area contributed by atoms with Gasteiger partial charge in [0, 0.05) is 0 Å². The Bertz CT molecular complexity index is 52.6. The van der Waals surface area contributed by atoms with Crippen molar-refractivity contribution in [3.05, 3.63) is 0 Å². The van der Waals surface area contributed by atoms with Gasteiger partial charge in [0.05, 0.1) is 0 Å². The van der Waals surface area contributed by atoms with Crippen LogP contribution in [0.15, 0.2) is 0 Å². The maximum atomic E-state index is 7.33. The molecule has 4 N–H and O–H groups in total. The zero-order chi connectivity index (χ0) is 8.08. The van der Waals surface area contributed by atoms with Gasteiger partial charge in [0.1, 0.15) is 0 Å². The lowest BCUT2D eigenvalue weighted by Gasteiger charge is -1.91. The van der Waals surface area contributed by atoms with Crippen LogP contribution < -0.4 is 0 Å². The zero-order valence-corrected chi connectivity index (χ0v) is 7.27. The molecule has 0 aromatic carbocycles. The van der Waals surface area contributed by atoms with E-state index in [1.54, 1.807) is 0 Å². The van der Waals surface area contributed by atoms with Crippen LogP contribution in [0, 0.1) is 0 Å². The molecule has 0 saturated carbocycles. The molecule has 0 unspecified atom stereocenters. The van der Waals surface area contributed by atoms with E-state index in [4.69, 9.17) is 54.0 Å². The van der Waals surface area contributed by atoms with E-state index in [-0.39, 0.29) is 0 Å². The largest absolute Gasteiger partial charge is 0.668 e. The number of alkyl halides is 3. The standard InChI is InChI=1S/CHCl3.H4O4Si/c2-1(3)4;1-5(2,3)4/h1H;1-4H. The van der Waals surface area contributed by atoms with E-state index in [2.05, 4.69) is 0 Å². The zero-order valence-electron chi connectivity index (χ0n) is 4.00. The Kier molecular flexibility index (Phi) is 7.96. The van der Waals surface area contributed by atoms with Gasteiger partial charge in [-0.05, 0) is 0 Å². The molecule has 9 heavy (non-hydrogen) atoms. The molecule has 0 radical (unpaired) electrons. The lowest BCUT2D eigenvalue weighted by atomic mass is 11.9. The molecule has 0 aromatic heterocycles. The topological polar surface area (TPSA) is 80.9 Å². The van der Waals surface area contributed by atoms with Gasteiger partial charge in [0.15, 0.2) is 4.30 Å². The highest BCUT2D eigenvalue weighted by molar-refractivity contribution is 6.63. The minimum absolute atomic E-state index is 0.750. The van der Waals surface area contributed by atoms with E-state index < -0.39 is 13.3 Å². The van der Waals surface area contributed by atoms with E-state index in [1.165, 1.54) is 0 Å². The van der Waals surface area contributed by atoms with Gasteiger partial charge < -0.3 is 19.2 Å². The van der Waals surface area contributed by atoms with Gasteiger partial charge in [0.2, 0.25) is 0 Å². The first-order valence-electron chi connectivity index (χ1n) is 1.55. The Morgan fingerprint density at radius 1 is 0.889 bits per heavy atom. The fourth-order valence-corrected chi connectivity index (χ4v) is 0. The Morgan fingerprint density at radius 3 is 0.889 bits per heavy atom. The summed E-state index contributed by atoms with van der Waals surface area (Å²) in [6, 6.07) is 0. The van der Waals surface area contributed by atoms with E-state index in [9.17, 15) is 0 Å². The van der Waals surface area contributed by atoms with Crippen molar-refractivity contribution in [2.45, 2.75) is 4.30 Å². The van der Waals surface area contributed by atoms with Crippen LogP contribution in [-0.4, -0.2) is 32.5 Å². The minimum atomic E-state index is -4.61. The van der Waals surface area contributed by atoms with Gasteiger partial charge >= 0.3 is 9.05 Å². The molecule has 0 aromatic rings. The molecule has 0 atom stereocenters. The third kappa shape index (κ3) is 499. The fraction of sp³-hybridized carbons (Fsp3) is 1.00. The molecule has 0 aliphatic rings. The van der Waals surface area contributed by atoms with E-state index >= 15 is 0 Å². The van der Waals surface area contributed by atoms with Crippen LogP contribution in [0.5, 0.6) is 0 Å². The summed E-state index contributed by atoms with van der Waals surface area (Å²) in [5.41, 5.74) is 0. The quantitative estimate of drug-likeness (QED) is 0.321. The van der Waals surface area contributed by atoms with Crippen LogP contribution in [0.3, 0.4) is 0 Å². The lowest BCUT2D eigenvalue weighted by molar-refractivity contribution is 0.117. The second-order valence-corrected chi connectivity index (χ2v) is 4.03. The molecule has 0 amide bonds. The molecule has 0 fully saturated rings. The van der Waals surface area contributed by atoms with E-state index in [1.807, 2.05) is 0 Å². The second-order valence-electron chi connectivity index (χ2n) is 0.847. The SMILES string of the molecule is ClC(Cl)Cl.O[Si](O)(O)O. The summed E-state index contributed by atoms with van der Waals surface area (Å²) in [5, 5.41) is 0. The minimum Gasteiger partial charge on any atom is -0.368 e. The Hall–Kier alpha value is 0.927. The Morgan fingerprint density at radius 2 is 0.889 bits per heavy atom. The molecule has 0 rings (SSSR count). The molecule has 0 spiro atoms. The molecule has 0 aliphatic heterocycles. The number of halogens is 3. The predicted molar refractivity (Wildman–Crippen MR) is 36.0 cm³/mol. The third-order valence-corrected chi connectivity index (χ3v) is 0. The van der Waals surface area contributed by atoms with Crippen molar-refractivity contribution in [3.8, 4) is 0 Å². The van der Waals surface area contributed by atoms with Crippen molar-refractivity contribution in [1.82, 2.24) is 0 Å². The molecule has 8 heteroatoms. The normalized spacial score (nSPS) is 10.7. The van der Waals surface area contributed by atoms with Crippen LogP contribution in [0.4, 0.5) is 0 Å². The summed E-state index contributed by atoms with van der Waals surface area (Å²) in [7, 11) is -4.61. The summed E-state index contributed by atoms with van der Waals surface area (Å²) in [6.45, 7) is 0. The summed E-state index contributed by atoms with van der Waals surface area (Å²) in [5.74, 6) is 0. The van der Waals surface area contributed by atoms with Gasteiger partial charge in [-0.25, -0.2) is 0 Å². The lowest BCUT2D eigenvalue weighted by Crippen LogP contribution is -2.33. The highest BCUT2D eigenvalue weighted by atomic mass is 35.6.